The number of aryl methyl sites for hydroxylation is 1. The highest BCUT2D eigenvalue weighted by Gasteiger charge is 2.19. The molecular formula is C20H20ClN3O4. The van der Waals surface area contributed by atoms with Crippen LogP contribution in [0.3, 0.4) is 0 Å². The molecule has 7 nitrogen and oxygen atoms in total. The molecule has 28 heavy (non-hydrogen) atoms. The molecular weight excluding hydrogens is 382 g/mol. The highest BCUT2D eigenvalue weighted by atomic mass is 35.5. The van der Waals surface area contributed by atoms with Crippen molar-refractivity contribution in [2.45, 2.75) is 32.7 Å². The van der Waals surface area contributed by atoms with Crippen LogP contribution in [0.1, 0.15) is 52.1 Å². The van der Waals surface area contributed by atoms with Crippen LogP contribution >= 0.6 is 11.6 Å². The van der Waals surface area contributed by atoms with Crippen LogP contribution in [0, 0.1) is 0 Å². The standard InChI is InChI=1S/C20H20ClN3O4/c1-3-4-5-16-23-19(21)15(11-25)24(16)10-13-6-8-14(9-7-13)18-17(20(26)27-2)22-12-28-18/h6-9,11-12H,3-5,10H2,1-2H3. The normalized spacial score (nSPS) is 10.8. The number of methoxy groups -OCH3 is 1. The summed E-state index contributed by atoms with van der Waals surface area (Å²) in [6.45, 7) is 2.56. The van der Waals surface area contributed by atoms with Crippen molar-refractivity contribution in [2.75, 3.05) is 7.11 Å². The molecule has 0 N–H and O–H groups in total. The summed E-state index contributed by atoms with van der Waals surface area (Å²) in [6.07, 6.45) is 4.68. The Morgan fingerprint density at radius 2 is 2.07 bits per heavy atom. The van der Waals surface area contributed by atoms with Gasteiger partial charge in [-0.2, -0.15) is 0 Å². The van der Waals surface area contributed by atoms with E-state index in [1.54, 1.807) is 0 Å². The van der Waals surface area contributed by atoms with E-state index in [2.05, 4.69) is 16.9 Å². The third-order valence-corrected chi connectivity index (χ3v) is 4.69. The van der Waals surface area contributed by atoms with Gasteiger partial charge in [-0.25, -0.2) is 14.8 Å². The topological polar surface area (TPSA) is 87.2 Å². The smallest absolute Gasteiger partial charge is 0.360 e. The van der Waals surface area contributed by atoms with Gasteiger partial charge in [-0.3, -0.25) is 4.79 Å². The fraction of sp³-hybridized carbons (Fsp3) is 0.300. The number of nitrogens with zero attached hydrogens (tertiary/aromatic N) is 3. The van der Waals surface area contributed by atoms with Gasteiger partial charge in [0.05, 0.1) is 7.11 Å². The molecule has 0 atom stereocenters. The maximum absolute atomic E-state index is 11.8. The van der Waals surface area contributed by atoms with Gasteiger partial charge in [0.2, 0.25) is 0 Å². The lowest BCUT2D eigenvalue weighted by atomic mass is 10.1. The maximum Gasteiger partial charge on any atom is 0.360 e. The monoisotopic (exact) mass is 401 g/mol. The van der Waals surface area contributed by atoms with Crippen LogP contribution in [-0.2, 0) is 17.7 Å². The highest BCUT2D eigenvalue weighted by molar-refractivity contribution is 6.31. The minimum atomic E-state index is -0.558. The molecule has 0 aliphatic rings. The number of hydrogen-bond donors (Lipinski definition) is 0. The van der Waals surface area contributed by atoms with E-state index in [4.69, 9.17) is 20.8 Å². The van der Waals surface area contributed by atoms with Crippen LogP contribution in [0.15, 0.2) is 35.1 Å². The molecule has 8 heteroatoms. The highest BCUT2D eigenvalue weighted by Crippen LogP contribution is 2.25. The Balaban J connectivity index is 1.87. The molecule has 0 saturated heterocycles. The molecule has 0 spiro atoms. The van der Waals surface area contributed by atoms with Crippen molar-refractivity contribution in [3.8, 4) is 11.3 Å². The van der Waals surface area contributed by atoms with E-state index in [1.165, 1.54) is 13.5 Å². The van der Waals surface area contributed by atoms with Gasteiger partial charge in [0, 0.05) is 18.5 Å². The Labute approximate surface area is 167 Å². The molecule has 0 amide bonds. The number of hydrogen-bond acceptors (Lipinski definition) is 6. The molecule has 0 saturated carbocycles. The van der Waals surface area contributed by atoms with Crippen molar-refractivity contribution in [1.82, 2.24) is 14.5 Å². The van der Waals surface area contributed by atoms with Crippen LogP contribution in [0.4, 0.5) is 0 Å². The summed E-state index contributed by atoms with van der Waals surface area (Å²) >= 11 is 6.12. The van der Waals surface area contributed by atoms with Gasteiger partial charge in [-0.05, 0) is 12.0 Å². The third-order valence-electron chi connectivity index (χ3n) is 4.41. The number of rotatable bonds is 8. The Hall–Kier alpha value is -2.93. The number of aldehydes is 1. The summed E-state index contributed by atoms with van der Waals surface area (Å²) < 4.78 is 11.9. The van der Waals surface area contributed by atoms with Gasteiger partial charge >= 0.3 is 5.97 Å². The zero-order chi connectivity index (χ0) is 20.1. The molecule has 146 valence electrons. The first-order chi connectivity index (χ1) is 13.6. The molecule has 0 aliphatic heterocycles. The number of unbranched alkanes of at least 4 members (excludes halogenated alkanes) is 1. The van der Waals surface area contributed by atoms with Crippen LogP contribution in [0.2, 0.25) is 5.15 Å². The minimum absolute atomic E-state index is 0.127. The van der Waals surface area contributed by atoms with Crippen molar-refractivity contribution in [1.29, 1.82) is 0 Å². The second-order valence-corrected chi connectivity index (χ2v) is 6.59. The second kappa shape index (κ2) is 8.84. The van der Waals surface area contributed by atoms with E-state index >= 15 is 0 Å². The number of aromatic nitrogens is 3. The molecule has 1 aromatic carbocycles. The van der Waals surface area contributed by atoms with Crippen molar-refractivity contribution in [3.05, 3.63) is 58.6 Å². The van der Waals surface area contributed by atoms with Crippen molar-refractivity contribution in [2.24, 2.45) is 0 Å². The maximum atomic E-state index is 11.8. The lowest BCUT2D eigenvalue weighted by molar-refractivity contribution is 0.0595. The zero-order valence-electron chi connectivity index (χ0n) is 15.6. The van der Waals surface area contributed by atoms with E-state index in [-0.39, 0.29) is 10.8 Å². The van der Waals surface area contributed by atoms with Gasteiger partial charge in [0.15, 0.2) is 29.3 Å². The minimum Gasteiger partial charge on any atom is -0.464 e. The van der Waals surface area contributed by atoms with Gasteiger partial charge < -0.3 is 13.7 Å². The number of ether oxygens (including phenoxy) is 1. The fourth-order valence-electron chi connectivity index (χ4n) is 2.93. The molecule has 0 bridgehead atoms. The van der Waals surface area contributed by atoms with E-state index in [0.29, 0.717) is 23.6 Å². The predicted molar refractivity (Wildman–Crippen MR) is 104 cm³/mol. The molecule has 2 heterocycles. The molecule has 3 rings (SSSR count). The average molecular weight is 402 g/mol. The molecule has 0 radical (unpaired) electrons. The lowest BCUT2D eigenvalue weighted by Gasteiger charge is -2.10. The molecule has 0 aliphatic carbocycles. The van der Waals surface area contributed by atoms with Gasteiger partial charge in [0.25, 0.3) is 0 Å². The second-order valence-electron chi connectivity index (χ2n) is 6.23. The van der Waals surface area contributed by atoms with Crippen LogP contribution < -0.4 is 0 Å². The van der Waals surface area contributed by atoms with E-state index < -0.39 is 5.97 Å². The average Bonchev–Trinajstić information content (AvgIpc) is 3.31. The van der Waals surface area contributed by atoms with Crippen molar-refractivity contribution >= 4 is 23.9 Å². The first kappa shape index (κ1) is 19.8. The summed E-state index contributed by atoms with van der Waals surface area (Å²) in [5, 5.41) is 0.224. The lowest BCUT2D eigenvalue weighted by Crippen LogP contribution is -2.09. The predicted octanol–water partition coefficient (Wildman–Crippen LogP) is 4.18. The third kappa shape index (κ3) is 3.99. The number of esters is 1. The zero-order valence-corrected chi connectivity index (χ0v) is 16.4. The first-order valence-electron chi connectivity index (χ1n) is 8.90. The van der Waals surface area contributed by atoms with Gasteiger partial charge in [-0.1, -0.05) is 49.2 Å². The Kier molecular flexibility index (Phi) is 6.26. The largest absolute Gasteiger partial charge is 0.464 e. The quantitative estimate of drug-likeness (QED) is 0.415. The molecule has 0 unspecified atom stereocenters. The molecule has 2 aromatic heterocycles. The number of benzene rings is 1. The number of carbonyl (C=O) groups excluding carboxylic acids is 2. The summed E-state index contributed by atoms with van der Waals surface area (Å²) in [7, 11) is 1.29. The number of imidazole rings is 1. The van der Waals surface area contributed by atoms with E-state index in [0.717, 1.165) is 36.9 Å². The number of halogens is 1. The number of carbonyl (C=O) groups is 2. The van der Waals surface area contributed by atoms with E-state index in [9.17, 15) is 9.59 Å². The number of oxazole rings is 1. The Morgan fingerprint density at radius 3 is 2.71 bits per heavy atom. The summed E-state index contributed by atoms with van der Waals surface area (Å²) in [4.78, 5) is 31.5. The first-order valence-corrected chi connectivity index (χ1v) is 9.28. The van der Waals surface area contributed by atoms with Crippen LogP contribution in [0.5, 0.6) is 0 Å². The molecule has 3 aromatic rings. The Morgan fingerprint density at radius 1 is 1.32 bits per heavy atom. The summed E-state index contributed by atoms with van der Waals surface area (Å²) in [5.41, 5.74) is 2.16. The fourth-order valence-corrected chi connectivity index (χ4v) is 3.18. The summed E-state index contributed by atoms with van der Waals surface area (Å²) in [6, 6.07) is 7.44. The molecule has 0 fully saturated rings. The van der Waals surface area contributed by atoms with Crippen molar-refractivity contribution < 1.29 is 18.7 Å². The van der Waals surface area contributed by atoms with Crippen LogP contribution in [-0.4, -0.2) is 33.9 Å². The van der Waals surface area contributed by atoms with Crippen LogP contribution in [0.25, 0.3) is 11.3 Å². The van der Waals surface area contributed by atoms with E-state index in [1.807, 2.05) is 28.8 Å². The SMILES string of the molecule is CCCCc1nc(Cl)c(C=O)n1Cc1ccc(-c2ocnc2C(=O)OC)cc1. The van der Waals surface area contributed by atoms with Gasteiger partial charge in [0.1, 0.15) is 11.5 Å². The Bertz CT molecular complexity index is 976. The summed E-state index contributed by atoms with van der Waals surface area (Å²) in [5.74, 6) is 0.583. The van der Waals surface area contributed by atoms with Crippen molar-refractivity contribution in [3.63, 3.8) is 0 Å². The van der Waals surface area contributed by atoms with Gasteiger partial charge in [-0.15, -0.1) is 0 Å².